The van der Waals surface area contributed by atoms with Gasteiger partial charge in [-0.25, -0.2) is 9.78 Å². The number of benzene rings is 1. The lowest BCUT2D eigenvalue weighted by Crippen LogP contribution is -2.08. The number of pyridine rings is 1. The van der Waals surface area contributed by atoms with Crippen LogP contribution in [-0.4, -0.2) is 24.6 Å². The molecule has 0 aliphatic rings. The van der Waals surface area contributed by atoms with Gasteiger partial charge in [-0.1, -0.05) is 12.1 Å². The molecule has 2 rings (SSSR count). The minimum Gasteiger partial charge on any atom is -0.465 e. The molecule has 0 amide bonds. The number of nitriles is 1. The first-order chi connectivity index (χ1) is 10.6. The standard InChI is InChI=1S/C17H17N3O2/c1-12-15(11-18)6-7-16(20-12)19-9-8-13-4-3-5-14(10-13)17(21)22-2/h3-7,10H,8-9H2,1-2H3,(H,19,20). The number of anilines is 1. The highest BCUT2D eigenvalue weighted by molar-refractivity contribution is 5.89. The first-order valence-electron chi connectivity index (χ1n) is 6.93. The molecular weight excluding hydrogens is 278 g/mol. The molecule has 0 saturated carbocycles. The summed E-state index contributed by atoms with van der Waals surface area (Å²) < 4.78 is 4.71. The zero-order valence-corrected chi connectivity index (χ0v) is 12.6. The number of methoxy groups -OCH3 is 1. The van der Waals surface area contributed by atoms with E-state index in [0.717, 1.165) is 17.8 Å². The van der Waals surface area contributed by atoms with Crippen LogP contribution in [0.5, 0.6) is 0 Å². The molecule has 0 aliphatic carbocycles. The molecule has 0 fully saturated rings. The Morgan fingerprint density at radius 1 is 1.36 bits per heavy atom. The number of nitrogens with one attached hydrogen (secondary N) is 1. The molecule has 0 spiro atoms. The molecule has 1 heterocycles. The maximum atomic E-state index is 11.5. The van der Waals surface area contributed by atoms with Gasteiger partial charge in [0, 0.05) is 6.54 Å². The van der Waals surface area contributed by atoms with Crippen molar-refractivity contribution >= 4 is 11.8 Å². The number of carbonyl (C=O) groups excluding carboxylic acids is 1. The molecule has 0 saturated heterocycles. The van der Waals surface area contributed by atoms with Crippen molar-refractivity contribution in [3.05, 3.63) is 58.8 Å². The van der Waals surface area contributed by atoms with Crippen molar-refractivity contribution in [3.63, 3.8) is 0 Å². The normalized spacial score (nSPS) is 9.86. The molecule has 1 aromatic carbocycles. The Bertz CT molecular complexity index is 720. The van der Waals surface area contributed by atoms with E-state index in [2.05, 4.69) is 16.4 Å². The predicted molar refractivity (Wildman–Crippen MR) is 83.7 cm³/mol. The van der Waals surface area contributed by atoms with E-state index >= 15 is 0 Å². The monoisotopic (exact) mass is 295 g/mol. The number of carbonyl (C=O) groups is 1. The van der Waals surface area contributed by atoms with Crippen molar-refractivity contribution in [1.82, 2.24) is 4.98 Å². The van der Waals surface area contributed by atoms with Crippen LogP contribution < -0.4 is 5.32 Å². The topological polar surface area (TPSA) is 75.0 Å². The lowest BCUT2D eigenvalue weighted by molar-refractivity contribution is 0.0600. The molecule has 112 valence electrons. The van der Waals surface area contributed by atoms with Gasteiger partial charge >= 0.3 is 5.97 Å². The van der Waals surface area contributed by atoms with Crippen LogP contribution in [0.15, 0.2) is 36.4 Å². The summed E-state index contributed by atoms with van der Waals surface area (Å²) in [6.45, 7) is 2.49. The fraction of sp³-hybridized carbons (Fsp3) is 0.235. The van der Waals surface area contributed by atoms with Gasteiger partial charge in [0.2, 0.25) is 0 Å². The summed E-state index contributed by atoms with van der Waals surface area (Å²) in [5, 5.41) is 12.1. The lowest BCUT2D eigenvalue weighted by Gasteiger charge is -2.08. The van der Waals surface area contributed by atoms with Crippen LogP contribution in [0.1, 0.15) is 27.2 Å². The number of esters is 1. The largest absolute Gasteiger partial charge is 0.465 e. The van der Waals surface area contributed by atoms with Gasteiger partial charge in [0.25, 0.3) is 0 Å². The first kappa shape index (κ1) is 15.5. The molecule has 1 N–H and O–H groups in total. The van der Waals surface area contributed by atoms with Gasteiger partial charge in [-0.2, -0.15) is 5.26 Å². The Balaban J connectivity index is 1.95. The van der Waals surface area contributed by atoms with E-state index in [4.69, 9.17) is 10.00 Å². The van der Waals surface area contributed by atoms with E-state index in [1.807, 2.05) is 25.1 Å². The quantitative estimate of drug-likeness (QED) is 0.858. The van der Waals surface area contributed by atoms with Crippen molar-refractivity contribution < 1.29 is 9.53 Å². The first-order valence-corrected chi connectivity index (χ1v) is 6.93. The molecule has 2 aromatic rings. The van der Waals surface area contributed by atoms with Gasteiger partial charge in [0.05, 0.1) is 23.9 Å². The second kappa shape index (κ2) is 7.23. The molecule has 0 aliphatic heterocycles. The van der Waals surface area contributed by atoms with Gasteiger partial charge in [-0.05, 0) is 43.2 Å². The molecular formula is C17H17N3O2. The highest BCUT2D eigenvalue weighted by atomic mass is 16.5. The Labute approximate surface area is 129 Å². The van der Waals surface area contributed by atoms with Crippen molar-refractivity contribution in [2.75, 3.05) is 19.0 Å². The summed E-state index contributed by atoms with van der Waals surface area (Å²) in [5.41, 5.74) is 2.88. The van der Waals surface area contributed by atoms with E-state index in [1.165, 1.54) is 7.11 Å². The van der Waals surface area contributed by atoms with E-state index in [9.17, 15) is 4.79 Å². The SMILES string of the molecule is COC(=O)c1cccc(CCNc2ccc(C#N)c(C)n2)c1. The van der Waals surface area contributed by atoms with E-state index in [-0.39, 0.29) is 5.97 Å². The average Bonchev–Trinajstić information content (AvgIpc) is 2.54. The zero-order chi connectivity index (χ0) is 15.9. The molecule has 0 bridgehead atoms. The van der Waals surface area contributed by atoms with Crippen LogP contribution in [0.25, 0.3) is 0 Å². The fourth-order valence-corrected chi connectivity index (χ4v) is 2.08. The Kier molecular flexibility index (Phi) is 5.10. The number of aryl methyl sites for hydroxylation is 1. The Hall–Kier alpha value is -2.87. The number of hydrogen-bond acceptors (Lipinski definition) is 5. The van der Waals surface area contributed by atoms with Gasteiger partial charge in [0.15, 0.2) is 0 Å². The number of nitrogens with zero attached hydrogens (tertiary/aromatic N) is 2. The van der Waals surface area contributed by atoms with Crippen LogP contribution in [0.4, 0.5) is 5.82 Å². The number of aromatic nitrogens is 1. The van der Waals surface area contributed by atoms with Crippen LogP contribution in [-0.2, 0) is 11.2 Å². The smallest absolute Gasteiger partial charge is 0.337 e. The zero-order valence-electron chi connectivity index (χ0n) is 12.6. The Morgan fingerprint density at radius 3 is 2.86 bits per heavy atom. The lowest BCUT2D eigenvalue weighted by atomic mass is 10.1. The van der Waals surface area contributed by atoms with Crippen LogP contribution in [0.3, 0.4) is 0 Å². The third kappa shape index (κ3) is 3.83. The second-order valence-electron chi connectivity index (χ2n) is 4.81. The molecule has 0 atom stereocenters. The minimum atomic E-state index is -0.334. The molecule has 0 radical (unpaired) electrons. The van der Waals surface area contributed by atoms with Gasteiger partial charge in [-0.3, -0.25) is 0 Å². The maximum absolute atomic E-state index is 11.5. The molecule has 5 heteroatoms. The highest BCUT2D eigenvalue weighted by Gasteiger charge is 2.05. The predicted octanol–water partition coefficient (Wildman–Crippen LogP) is 2.70. The van der Waals surface area contributed by atoms with Crippen molar-refractivity contribution in [3.8, 4) is 6.07 Å². The highest BCUT2D eigenvalue weighted by Crippen LogP contribution is 2.11. The summed E-state index contributed by atoms with van der Waals surface area (Å²) in [7, 11) is 1.37. The van der Waals surface area contributed by atoms with E-state index in [1.54, 1.807) is 18.2 Å². The maximum Gasteiger partial charge on any atom is 0.337 e. The van der Waals surface area contributed by atoms with Crippen molar-refractivity contribution in [2.24, 2.45) is 0 Å². The Morgan fingerprint density at radius 2 is 2.18 bits per heavy atom. The van der Waals surface area contributed by atoms with E-state index in [0.29, 0.717) is 23.4 Å². The van der Waals surface area contributed by atoms with Crippen molar-refractivity contribution in [1.29, 1.82) is 5.26 Å². The van der Waals surface area contributed by atoms with Gasteiger partial charge in [-0.15, -0.1) is 0 Å². The summed E-state index contributed by atoms with van der Waals surface area (Å²) in [6.07, 6.45) is 0.756. The second-order valence-corrected chi connectivity index (χ2v) is 4.81. The van der Waals surface area contributed by atoms with Gasteiger partial charge < -0.3 is 10.1 Å². The summed E-state index contributed by atoms with van der Waals surface area (Å²) in [6, 6.07) is 13.0. The molecule has 5 nitrogen and oxygen atoms in total. The van der Waals surface area contributed by atoms with E-state index < -0.39 is 0 Å². The minimum absolute atomic E-state index is 0.334. The molecule has 22 heavy (non-hydrogen) atoms. The van der Waals surface area contributed by atoms with Gasteiger partial charge in [0.1, 0.15) is 11.9 Å². The molecule has 0 unspecified atom stereocenters. The number of hydrogen-bond donors (Lipinski definition) is 1. The molecule has 1 aromatic heterocycles. The van der Waals surface area contributed by atoms with Crippen LogP contribution in [0.2, 0.25) is 0 Å². The fourth-order valence-electron chi connectivity index (χ4n) is 2.08. The third-order valence-electron chi connectivity index (χ3n) is 3.27. The summed E-state index contributed by atoms with van der Waals surface area (Å²) in [5.74, 6) is 0.403. The summed E-state index contributed by atoms with van der Waals surface area (Å²) >= 11 is 0. The van der Waals surface area contributed by atoms with Crippen molar-refractivity contribution in [2.45, 2.75) is 13.3 Å². The van der Waals surface area contributed by atoms with Crippen LogP contribution in [0, 0.1) is 18.3 Å². The number of rotatable bonds is 5. The van der Waals surface area contributed by atoms with Crippen LogP contribution >= 0.6 is 0 Å². The number of ether oxygens (including phenoxy) is 1. The average molecular weight is 295 g/mol. The third-order valence-corrected chi connectivity index (χ3v) is 3.27. The summed E-state index contributed by atoms with van der Waals surface area (Å²) in [4.78, 5) is 15.8.